The fourth-order valence-electron chi connectivity index (χ4n) is 1.55. The van der Waals surface area contributed by atoms with Gasteiger partial charge in [-0.2, -0.15) is 0 Å². The summed E-state index contributed by atoms with van der Waals surface area (Å²) in [6, 6.07) is 3.68. The van der Waals surface area contributed by atoms with Crippen molar-refractivity contribution >= 4 is 17.7 Å². The number of carbonyl (C=O) groups is 1. The second kappa shape index (κ2) is 8.94. The van der Waals surface area contributed by atoms with Gasteiger partial charge in [0.2, 0.25) is 5.91 Å². The van der Waals surface area contributed by atoms with Crippen LogP contribution in [0.25, 0.3) is 0 Å². The molecule has 0 fully saturated rings. The van der Waals surface area contributed by atoms with Crippen LogP contribution < -0.4 is 16.4 Å². The monoisotopic (exact) mass is 291 g/mol. The van der Waals surface area contributed by atoms with Crippen LogP contribution in [-0.2, 0) is 4.79 Å². The first-order valence-electron chi connectivity index (χ1n) is 7.23. The van der Waals surface area contributed by atoms with E-state index in [0.29, 0.717) is 37.2 Å². The van der Waals surface area contributed by atoms with Crippen LogP contribution in [-0.4, -0.2) is 29.9 Å². The highest BCUT2D eigenvalue weighted by Gasteiger charge is 2.03. The molecule has 0 aliphatic rings. The predicted octanol–water partition coefficient (Wildman–Crippen LogP) is 1.67. The van der Waals surface area contributed by atoms with Gasteiger partial charge in [0.05, 0.1) is 0 Å². The number of guanidine groups is 1. The zero-order valence-corrected chi connectivity index (χ0v) is 13.0. The van der Waals surface area contributed by atoms with Crippen LogP contribution >= 0.6 is 0 Å². The number of aromatic nitrogens is 1. The second-order valence-corrected chi connectivity index (χ2v) is 5.40. The lowest BCUT2D eigenvalue weighted by Crippen LogP contribution is -2.34. The molecule has 0 aromatic carbocycles. The highest BCUT2D eigenvalue weighted by molar-refractivity contribution is 5.90. The number of nitrogens with two attached hydrogens (primary N) is 1. The number of nitrogens with zero attached hydrogens (tertiary/aromatic N) is 2. The van der Waals surface area contributed by atoms with Gasteiger partial charge in [-0.1, -0.05) is 19.9 Å². The van der Waals surface area contributed by atoms with Crippen LogP contribution in [0.3, 0.4) is 0 Å². The number of carbonyl (C=O) groups excluding carboxylic acids is 1. The highest BCUT2D eigenvalue weighted by Crippen LogP contribution is 2.03. The molecule has 1 heterocycles. The van der Waals surface area contributed by atoms with E-state index >= 15 is 0 Å². The molecule has 1 rings (SSSR count). The van der Waals surface area contributed by atoms with E-state index in [1.54, 1.807) is 12.3 Å². The van der Waals surface area contributed by atoms with Gasteiger partial charge in [0.15, 0.2) is 5.96 Å². The van der Waals surface area contributed by atoms with Crippen molar-refractivity contribution in [3.8, 4) is 0 Å². The van der Waals surface area contributed by atoms with Crippen molar-refractivity contribution in [2.24, 2.45) is 16.6 Å². The summed E-state index contributed by atoms with van der Waals surface area (Å²) in [6.07, 6.45) is 3.03. The number of amides is 1. The Hall–Kier alpha value is -2.11. The Bertz CT molecular complexity index is 467. The van der Waals surface area contributed by atoms with Crippen LogP contribution in [0, 0.1) is 12.8 Å². The van der Waals surface area contributed by atoms with E-state index in [-0.39, 0.29) is 5.91 Å². The molecule has 21 heavy (non-hydrogen) atoms. The van der Waals surface area contributed by atoms with Gasteiger partial charge in [0.1, 0.15) is 5.82 Å². The number of aliphatic imine (C=N–C) groups is 1. The van der Waals surface area contributed by atoms with Gasteiger partial charge in [-0.25, -0.2) is 4.98 Å². The van der Waals surface area contributed by atoms with Crippen molar-refractivity contribution < 1.29 is 4.79 Å². The van der Waals surface area contributed by atoms with Gasteiger partial charge in [-0.3, -0.25) is 9.79 Å². The summed E-state index contributed by atoms with van der Waals surface area (Å²) in [5, 5.41) is 5.66. The Morgan fingerprint density at radius 1 is 1.43 bits per heavy atom. The number of hydrogen-bond acceptors (Lipinski definition) is 3. The summed E-state index contributed by atoms with van der Waals surface area (Å²) in [6.45, 7) is 7.39. The molecule has 1 aromatic heterocycles. The lowest BCUT2D eigenvalue weighted by atomic mass is 10.1. The van der Waals surface area contributed by atoms with Crippen molar-refractivity contribution in [2.45, 2.75) is 33.6 Å². The Morgan fingerprint density at radius 3 is 2.81 bits per heavy atom. The maximum Gasteiger partial charge on any atom is 0.227 e. The first-order chi connectivity index (χ1) is 9.97. The number of pyridine rings is 1. The van der Waals surface area contributed by atoms with E-state index in [9.17, 15) is 4.79 Å². The fraction of sp³-hybridized carbons (Fsp3) is 0.533. The van der Waals surface area contributed by atoms with Gasteiger partial charge in [0.25, 0.3) is 0 Å². The van der Waals surface area contributed by atoms with Crippen molar-refractivity contribution in [3.63, 3.8) is 0 Å². The molecule has 6 heteroatoms. The quantitative estimate of drug-likeness (QED) is 0.526. The fourth-order valence-corrected chi connectivity index (χ4v) is 1.55. The van der Waals surface area contributed by atoms with Crippen LogP contribution in [0.4, 0.5) is 5.82 Å². The molecule has 1 aromatic rings. The number of aryl methyl sites for hydroxylation is 1. The standard InChI is InChI=1S/C15H25N5O/c1-11(2)6-8-17-15(16)18-9-7-14(21)20-13-5-4-12(3)10-19-13/h4-5,10-11H,6-9H2,1-3H3,(H3,16,17,18)(H,19,20,21). The molecule has 0 aliphatic heterocycles. The molecule has 0 bridgehead atoms. The van der Waals surface area contributed by atoms with E-state index < -0.39 is 0 Å². The third-order valence-corrected chi connectivity index (χ3v) is 2.83. The van der Waals surface area contributed by atoms with Gasteiger partial charge in [0, 0.05) is 25.7 Å². The lowest BCUT2D eigenvalue weighted by molar-refractivity contribution is -0.116. The molecule has 0 saturated heterocycles. The highest BCUT2D eigenvalue weighted by atomic mass is 16.1. The Morgan fingerprint density at radius 2 is 2.19 bits per heavy atom. The van der Waals surface area contributed by atoms with Crippen LogP contribution in [0.1, 0.15) is 32.3 Å². The molecular weight excluding hydrogens is 266 g/mol. The maximum atomic E-state index is 11.7. The van der Waals surface area contributed by atoms with E-state index in [2.05, 4.69) is 34.5 Å². The first-order valence-corrected chi connectivity index (χ1v) is 7.23. The van der Waals surface area contributed by atoms with Crippen LogP contribution in [0.5, 0.6) is 0 Å². The summed E-state index contributed by atoms with van der Waals surface area (Å²) in [4.78, 5) is 20.0. The molecule has 116 valence electrons. The van der Waals surface area contributed by atoms with Gasteiger partial charge >= 0.3 is 0 Å². The number of nitrogens with one attached hydrogen (secondary N) is 2. The Balaban J connectivity index is 2.22. The molecular formula is C15H25N5O. The molecule has 0 radical (unpaired) electrons. The van der Waals surface area contributed by atoms with Crippen molar-refractivity contribution in [3.05, 3.63) is 23.9 Å². The zero-order valence-electron chi connectivity index (χ0n) is 13.0. The first kappa shape index (κ1) is 16.9. The zero-order chi connectivity index (χ0) is 15.7. The summed E-state index contributed by atoms with van der Waals surface area (Å²) in [5.74, 6) is 1.45. The lowest BCUT2D eigenvalue weighted by Gasteiger charge is -2.07. The van der Waals surface area contributed by atoms with Gasteiger partial charge in [-0.15, -0.1) is 0 Å². The Kier molecular flexibility index (Phi) is 7.21. The Labute approximate surface area is 126 Å². The average Bonchev–Trinajstić information content (AvgIpc) is 2.41. The summed E-state index contributed by atoms with van der Waals surface area (Å²) in [5.41, 5.74) is 6.77. The average molecular weight is 291 g/mol. The maximum absolute atomic E-state index is 11.7. The van der Waals surface area contributed by atoms with Gasteiger partial charge < -0.3 is 16.4 Å². The van der Waals surface area contributed by atoms with E-state index in [1.165, 1.54) is 0 Å². The second-order valence-electron chi connectivity index (χ2n) is 5.40. The van der Waals surface area contributed by atoms with Crippen LogP contribution in [0.2, 0.25) is 0 Å². The van der Waals surface area contributed by atoms with Crippen molar-refractivity contribution in [2.75, 3.05) is 18.4 Å². The topological polar surface area (TPSA) is 92.4 Å². The predicted molar refractivity (Wildman–Crippen MR) is 86.2 cm³/mol. The minimum Gasteiger partial charge on any atom is -0.370 e. The van der Waals surface area contributed by atoms with E-state index in [1.807, 2.05) is 13.0 Å². The van der Waals surface area contributed by atoms with Crippen molar-refractivity contribution in [1.82, 2.24) is 10.3 Å². The number of rotatable bonds is 7. The van der Waals surface area contributed by atoms with Gasteiger partial charge in [-0.05, 0) is 30.9 Å². The van der Waals surface area contributed by atoms with E-state index in [0.717, 1.165) is 12.0 Å². The summed E-state index contributed by atoms with van der Waals surface area (Å²) < 4.78 is 0. The summed E-state index contributed by atoms with van der Waals surface area (Å²) in [7, 11) is 0. The SMILES string of the molecule is Cc1ccc(NC(=O)CCNC(N)=NCCC(C)C)nc1. The van der Waals surface area contributed by atoms with E-state index in [4.69, 9.17) is 5.73 Å². The molecule has 0 saturated carbocycles. The minimum absolute atomic E-state index is 0.103. The minimum atomic E-state index is -0.103. The largest absolute Gasteiger partial charge is 0.370 e. The number of anilines is 1. The molecule has 1 amide bonds. The number of hydrogen-bond donors (Lipinski definition) is 3. The van der Waals surface area contributed by atoms with Crippen molar-refractivity contribution in [1.29, 1.82) is 0 Å². The normalized spacial score (nSPS) is 11.5. The van der Waals surface area contributed by atoms with Crippen LogP contribution in [0.15, 0.2) is 23.3 Å². The molecule has 0 aliphatic carbocycles. The molecule has 0 spiro atoms. The molecule has 0 unspecified atom stereocenters. The molecule has 0 atom stereocenters. The smallest absolute Gasteiger partial charge is 0.227 e. The molecule has 4 N–H and O–H groups in total. The third kappa shape index (κ3) is 7.91. The molecule has 6 nitrogen and oxygen atoms in total. The summed E-state index contributed by atoms with van der Waals surface area (Å²) >= 11 is 0. The third-order valence-electron chi connectivity index (χ3n) is 2.83.